The number of hydrogen-bond donors (Lipinski definition) is 2. The molecular formula is C16H26N3O2+. The van der Waals surface area contributed by atoms with Crippen LogP contribution < -0.4 is 10.2 Å². The predicted octanol–water partition coefficient (Wildman–Crippen LogP) is -0.477. The Morgan fingerprint density at radius 2 is 1.95 bits per heavy atom. The molecule has 1 unspecified atom stereocenters. The first-order valence-corrected chi connectivity index (χ1v) is 7.15. The van der Waals surface area contributed by atoms with Crippen LogP contribution >= 0.6 is 0 Å². The van der Waals surface area contributed by atoms with Crippen LogP contribution in [0, 0.1) is 13.8 Å². The second-order valence-electron chi connectivity index (χ2n) is 5.66. The van der Waals surface area contributed by atoms with Gasteiger partial charge in [0.15, 0.2) is 6.54 Å². The molecule has 21 heavy (non-hydrogen) atoms. The molecule has 0 radical (unpaired) electrons. The lowest BCUT2D eigenvalue weighted by atomic mass is 10.1. The van der Waals surface area contributed by atoms with E-state index in [1.807, 2.05) is 7.05 Å². The summed E-state index contributed by atoms with van der Waals surface area (Å²) in [5, 5.41) is 2.52. The third-order valence-electron chi connectivity index (χ3n) is 3.53. The van der Waals surface area contributed by atoms with Crippen molar-refractivity contribution in [2.75, 3.05) is 34.2 Å². The summed E-state index contributed by atoms with van der Waals surface area (Å²) in [6.45, 7) is 5.44. The molecule has 1 aromatic carbocycles. The Hall–Kier alpha value is -1.88. The van der Waals surface area contributed by atoms with Gasteiger partial charge in [0, 0.05) is 19.7 Å². The molecule has 1 aromatic rings. The Bertz CT molecular complexity index is 514. The van der Waals surface area contributed by atoms with Crippen molar-refractivity contribution < 1.29 is 14.5 Å². The van der Waals surface area contributed by atoms with Crippen LogP contribution in [0.4, 0.5) is 0 Å². The van der Waals surface area contributed by atoms with E-state index in [-0.39, 0.29) is 18.4 Å². The van der Waals surface area contributed by atoms with Gasteiger partial charge in [0.05, 0.1) is 13.6 Å². The minimum Gasteiger partial charge on any atom is -0.358 e. The largest absolute Gasteiger partial charge is 0.358 e. The summed E-state index contributed by atoms with van der Waals surface area (Å²) in [6, 6.07) is 6.37. The van der Waals surface area contributed by atoms with Crippen molar-refractivity contribution in [3.05, 3.63) is 34.9 Å². The number of hydrogen-bond acceptors (Lipinski definition) is 2. The maximum Gasteiger partial charge on any atom is 0.277 e. The fraction of sp³-hybridized carbons (Fsp3) is 0.500. The number of likely N-dealkylation sites (N-methyl/N-ethyl adjacent to an activating group) is 3. The van der Waals surface area contributed by atoms with E-state index in [4.69, 9.17) is 0 Å². The number of nitrogens with one attached hydrogen (secondary N) is 2. The van der Waals surface area contributed by atoms with Crippen molar-refractivity contribution in [1.29, 1.82) is 0 Å². The van der Waals surface area contributed by atoms with E-state index in [2.05, 4.69) is 37.4 Å². The van der Waals surface area contributed by atoms with E-state index in [0.29, 0.717) is 6.54 Å². The normalized spacial score (nSPS) is 11.9. The molecule has 0 heterocycles. The van der Waals surface area contributed by atoms with E-state index in [9.17, 15) is 9.59 Å². The first-order chi connectivity index (χ1) is 9.83. The number of benzene rings is 1. The zero-order valence-corrected chi connectivity index (χ0v) is 13.6. The molecule has 5 heteroatoms. The van der Waals surface area contributed by atoms with E-state index >= 15 is 0 Å². The number of rotatable bonds is 6. The minimum atomic E-state index is -0.155. The van der Waals surface area contributed by atoms with Crippen molar-refractivity contribution in [1.82, 2.24) is 10.2 Å². The van der Waals surface area contributed by atoms with Gasteiger partial charge in [-0.2, -0.15) is 0 Å². The predicted molar refractivity (Wildman–Crippen MR) is 83.1 cm³/mol. The highest BCUT2D eigenvalue weighted by atomic mass is 16.2. The van der Waals surface area contributed by atoms with Gasteiger partial charge in [-0.15, -0.1) is 0 Å². The molecule has 2 N–H and O–H groups in total. The second-order valence-corrected chi connectivity index (χ2v) is 5.66. The summed E-state index contributed by atoms with van der Waals surface area (Å²) in [5.74, 6) is -0.182. The van der Waals surface area contributed by atoms with E-state index < -0.39 is 0 Å². The molecule has 0 aliphatic carbocycles. The number of carbonyl (C=O) groups excluding carboxylic acids is 2. The molecular weight excluding hydrogens is 266 g/mol. The number of carbonyl (C=O) groups is 2. The van der Waals surface area contributed by atoms with Gasteiger partial charge in [-0.05, 0) is 19.4 Å². The molecule has 0 aromatic heterocycles. The SMILES string of the molecule is CNC(=O)CN(C)C(=O)C[NH+](C)Cc1ccc(C)cc1C. The maximum atomic E-state index is 12.1. The average molecular weight is 292 g/mol. The van der Waals surface area contributed by atoms with E-state index in [1.165, 1.54) is 21.6 Å². The molecule has 0 fully saturated rings. The first-order valence-electron chi connectivity index (χ1n) is 7.15. The summed E-state index contributed by atoms with van der Waals surface area (Å²) in [5.41, 5.74) is 3.75. The third-order valence-corrected chi connectivity index (χ3v) is 3.53. The Labute approximate surface area is 126 Å². The van der Waals surface area contributed by atoms with Crippen molar-refractivity contribution in [3.8, 4) is 0 Å². The number of amides is 2. The number of nitrogens with zero attached hydrogens (tertiary/aromatic N) is 1. The van der Waals surface area contributed by atoms with Crippen molar-refractivity contribution in [2.45, 2.75) is 20.4 Å². The molecule has 0 spiro atoms. The lowest BCUT2D eigenvalue weighted by Gasteiger charge is -2.20. The van der Waals surface area contributed by atoms with E-state index in [1.54, 1.807) is 14.1 Å². The zero-order chi connectivity index (χ0) is 16.0. The second kappa shape index (κ2) is 7.78. The molecule has 0 aliphatic rings. The summed E-state index contributed by atoms with van der Waals surface area (Å²) in [4.78, 5) is 25.9. The highest BCUT2D eigenvalue weighted by Crippen LogP contribution is 2.08. The quantitative estimate of drug-likeness (QED) is 0.744. The zero-order valence-electron chi connectivity index (χ0n) is 13.6. The molecule has 0 saturated carbocycles. The van der Waals surface area contributed by atoms with Crippen LogP contribution in [0.5, 0.6) is 0 Å². The average Bonchev–Trinajstić information content (AvgIpc) is 2.41. The van der Waals surface area contributed by atoms with Crippen molar-refractivity contribution in [2.24, 2.45) is 0 Å². The summed E-state index contributed by atoms with van der Waals surface area (Å²) in [7, 11) is 5.21. The van der Waals surface area contributed by atoms with Gasteiger partial charge in [-0.1, -0.05) is 23.8 Å². The van der Waals surface area contributed by atoms with Gasteiger partial charge >= 0.3 is 0 Å². The summed E-state index contributed by atoms with van der Waals surface area (Å²) >= 11 is 0. The Morgan fingerprint density at radius 1 is 1.29 bits per heavy atom. The van der Waals surface area contributed by atoms with Crippen molar-refractivity contribution >= 4 is 11.8 Å². The molecule has 1 rings (SSSR count). The van der Waals surface area contributed by atoms with Crippen LogP contribution in [0.25, 0.3) is 0 Å². The fourth-order valence-electron chi connectivity index (χ4n) is 2.21. The third kappa shape index (κ3) is 5.55. The topological polar surface area (TPSA) is 53.9 Å². The number of aryl methyl sites for hydroxylation is 2. The van der Waals surface area contributed by atoms with Gasteiger partial charge in [0.25, 0.3) is 5.91 Å². The lowest BCUT2D eigenvalue weighted by Crippen LogP contribution is -3.08. The van der Waals surface area contributed by atoms with Crippen LogP contribution in [0.2, 0.25) is 0 Å². The molecule has 116 valence electrons. The summed E-state index contributed by atoms with van der Waals surface area (Å²) < 4.78 is 0. The monoisotopic (exact) mass is 292 g/mol. The van der Waals surface area contributed by atoms with Gasteiger partial charge in [-0.3, -0.25) is 9.59 Å². The molecule has 1 atom stereocenters. The highest BCUT2D eigenvalue weighted by Gasteiger charge is 2.17. The Balaban J connectivity index is 2.54. The van der Waals surface area contributed by atoms with Crippen LogP contribution in [0.3, 0.4) is 0 Å². The molecule has 5 nitrogen and oxygen atoms in total. The van der Waals surface area contributed by atoms with Gasteiger partial charge in [-0.25, -0.2) is 0 Å². The van der Waals surface area contributed by atoms with Gasteiger partial charge < -0.3 is 15.1 Å². The molecule has 0 saturated heterocycles. The minimum absolute atomic E-state index is 0.0270. The van der Waals surface area contributed by atoms with Crippen LogP contribution in [-0.2, 0) is 16.1 Å². The van der Waals surface area contributed by atoms with Gasteiger partial charge in [0.2, 0.25) is 5.91 Å². The van der Waals surface area contributed by atoms with Crippen LogP contribution in [0.15, 0.2) is 18.2 Å². The van der Waals surface area contributed by atoms with Crippen molar-refractivity contribution in [3.63, 3.8) is 0 Å². The molecule has 0 bridgehead atoms. The van der Waals surface area contributed by atoms with Crippen LogP contribution in [0.1, 0.15) is 16.7 Å². The first kappa shape index (κ1) is 17.2. The number of quaternary nitrogens is 1. The Morgan fingerprint density at radius 3 is 2.52 bits per heavy atom. The lowest BCUT2D eigenvalue weighted by molar-refractivity contribution is -0.885. The smallest absolute Gasteiger partial charge is 0.277 e. The Kier molecular flexibility index (Phi) is 6.37. The summed E-state index contributed by atoms with van der Waals surface area (Å²) in [6.07, 6.45) is 0. The van der Waals surface area contributed by atoms with Crippen LogP contribution in [-0.4, -0.2) is 50.9 Å². The molecule has 2 amide bonds. The van der Waals surface area contributed by atoms with E-state index in [0.717, 1.165) is 11.4 Å². The molecule has 0 aliphatic heterocycles. The fourth-order valence-corrected chi connectivity index (χ4v) is 2.21. The maximum absolute atomic E-state index is 12.1. The van der Waals surface area contributed by atoms with Gasteiger partial charge in [0.1, 0.15) is 6.54 Å². The highest BCUT2D eigenvalue weighted by molar-refractivity contribution is 5.84. The standard InChI is InChI=1S/C16H25N3O2/c1-12-6-7-14(13(2)8-12)9-18(4)11-16(21)19(5)10-15(20)17-3/h6-8H,9-11H2,1-5H3,(H,17,20)/p+1.